The van der Waals surface area contributed by atoms with Gasteiger partial charge in [0.05, 0.1) is 12.2 Å². The van der Waals surface area contributed by atoms with E-state index in [1.165, 1.54) is 0 Å². The summed E-state index contributed by atoms with van der Waals surface area (Å²) < 4.78 is 10.1. The molecule has 0 N–H and O–H groups in total. The van der Waals surface area contributed by atoms with Crippen molar-refractivity contribution in [3.8, 4) is 5.75 Å². The van der Waals surface area contributed by atoms with Gasteiger partial charge in [-0.15, -0.1) is 0 Å². The van der Waals surface area contributed by atoms with Crippen molar-refractivity contribution in [2.75, 3.05) is 13.2 Å². The summed E-state index contributed by atoms with van der Waals surface area (Å²) in [5.74, 6) is 0.109. The largest absolute Gasteiger partial charge is 0.489 e. The first-order chi connectivity index (χ1) is 8.17. The van der Waals surface area contributed by atoms with Gasteiger partial charge in [-0.1, -0.05) is 6.58 Å². The van der Waals surface area contributed by atoms with Crippen LogP contribution < -0.4 is 4.74 Å². The molecule has 0 aromatic heterocycles. The van der Waals surface area contributed by atoms with Gasteiger partial charge in [0, 0.05) is 5.56 Å². The van der Waals surface area contributed by atoms with Crippen LogP contribution in [0.15, 0.2) is 36.4 Å². The Hall–Kier alpha value is -2.10. The summed E-state index contributed by atoms with van der Waals surface area (Å²) in [6.45, 7) is 5.67. The molecule has 0 radical (unpaired) electrons. The number of benzene rings is 1. The fraction of sp³-hybridized carbons (Fsp3) is 0.231. The summed E-state index contributed by atoms with van der Waals surface area (Å²) >= 11 is 0. The van der Waals surface area contributed by atoms with Gasteiger partial charge in [0.15, 0.2) is 0 Å². The molecule has 0 aliphatic carbocycles. The molecule has 4 heteroatoms. The highest BCUT2D eigenvalue weighted by Crippen LogP contribution is 2.12. The Morgan fingerprint density at radius 3 is 2.53 bits per heavy atom. The van der Waals surface area contributed by atoms with Crippen molar-refractivity contribution in [1.29, 1.82) is 0 Å². The minimum Gasteiger partial charge on any atom is -0.489 e. The Labute approximate surface area is 99.8 Å². The molecular weight excluding hydrogens is 220 g/mol. The fourth-order valence-electron chi connectivity index (χ4n) is 1.11. The maximum absolute atomic E-state index is 11.2. The van der Waals surface area contributed by atoms with E-state index in [-0.39, 0.29) is 12.2 Å². The van der Waals surface area contributed by atoms with Crippen molar-refractivity contribution < 1.29 is 19.1 Å². The number of carbonyl (C=O) groups is 2. The second-order valence-electron chi connectivity index (χ2n) is 3.30. The molecule has 0 spiro atoms. The molecular formula is C13H14O4. The molecule has 0 saturated heterocycles. The minimum absolute atomic E-state index is 0.0687. The zero-order chi connectivity index (χ0) is 12.7. The molecule has 0 saturated carbocycles. The third kappa shape index (κ3) is 4.10. The van der Waals surface area contributed by atoms with Crippen LogP contribution in [0.1, 0.15) is 17.3 Å². The summed E-state index contributed by atoms with van der Waals surface area (Å²) in [5.41, 5.74) is 0.827. The lowest BCUT2D eigenvalue weighted by atomic mass is 10.2. The minimum atomic E-state index is -0.461. The molecule has 90 valence electrons. The smallest absolute Gasteiger partial charge is 0.336 e. The first kappa shape index (κ1) is 13.0. The number of hydrogen-bond donors (Lipinski definition) is 0. The van der Waals surface area contributed by atoms with E-state index in [0.29, 0.717) is 17.9 Å². The van der Waals surface area contributed by atoms with Crippen LogP contribution in [0.2, 0.25) is 0 Å². The van der Waals surface area contributed by atoms with E-state index in [1.54, 1.807) is 31.2 Å². The van der Waals surface area contributed by atoms with Gasteiger partial charge in [-0.25, -0.2) is 4.79 Å². The van der Waals surface area contributed by atoms with Gasteiger partial charge in [0.2, 0.25) is 0 Å². The molecule has 0 bridgehead atoms. The molecule has 0 heterocycles. The number of aldehydes is 1. The van der Waals surface area contributed by atoms with Gasteiger partial charge < -0.3 is 9.47 Å². The number of hydrogen-bond acceptors (Lipinski definition) is 4. The average Bonchev–Trinajstić information content (AvgIpc) is 2.36. The van der Waals surface area contributed by atoms with Crippen LogP contribution in [-0.2, 0) is 9.53 Å². The summed E-state index contributed by atoms with van der Waals surface area (Å²) in [4.78, 5) is 21.6. The van der Waals surface area contributed by atoms with Crippen molar-refractivity contribution in [1.82, 2.24) is 0 Å². The van der Waals surface area contributed by atoms with Crippen LogP contribution in [0.25, 0.3) is 0 Å². The molecule has 1 aromatic rings. The van der Waals surface area contributed by atoms with Gasteiger partial charge in [-0.05, 0) is 31.2 Å². The second kappa shape index (κ2) is 6.48. The predicted molar refractivity (Wildman–Crippen MR) is 63.1 cm³/mol. The van der Waals surface area contributed by atoms with Gasteiger partial charge in [-0.2, -0.15) is 0 Å². The predicted octanol–water partition coefficient (Wildman–Crippen LogP) is 2.00. The lowest BCUT2D eigenvalue weighted by molar-refractivity contribution is -0.138. The quantitative estimate of drug-likeness (QED) is 0.429. The molecule has 1 aromatic carbocycles. The van der Waals surface area contributed by atoms with Crippen LogP contribution in [0.4, 0.5) is 0 Å². The molecule has 0 fully saturated rings. The molecule has 0 aliphatic rings. The molecule has 17 heavy (non-hydrogen) atoms. The highest BCUT2D eigenvalue weighted by Gasteiger charge is 2.08. The van der Waals surface area contributed by atoms with Crippen LogP contribution in [0, 0.1) is 0 Å². The van der Waals surface area contributed by atoms with Crippen LogP contribution in [0.3, 0.4) is 0 Å². The fourth-order valence-corrected chi connectivity index (χ4v) is 1.11. The maximum Gasteiger partial charge on any atom is 0.336 e. The summed E-state index contributed by atoms with van der Waals surface area (Å²) in [7, 11) is 0. The molecule has 0 aliphatic heterocycles. The first-order valence-corrected chi connectivity index (χ1v) is 5.20. The summed E-state index contributed by atoms with van der Waals surface area (Å²) in [5, 5.41) is 0. The van der Waals surface area contributed by atoms with E-state index in [0.717, 1.165) is 6.29 Å². The van der Waals surface area contributed by atoms with Crippen LogP contribution in [0.5, 0.6) is 5.75 Å². The van der Waals surface area contributed by atoms with E-state index in [1.807, 2.05) is 0 Å². The number of rotatable bonds is 6. The maximum atomic E-state index is 11.2. The van der Waals surface area contributed by atoms with Crippen molar-refractivity contribution >= 4 is 12.3 Å². The highest BCUT2D eigenvalue weighted by molar-refractivity contribution is 5.88. The Kier molecular flexibility index (Phi) is 4.94. The zero-order valence-corrected chi connectivity index (χ0v) is 9.64. The number of esters is 1. The molecule has 0 unspecified atom stereocenters. The van der Waals surface area contributed by atoms with Crippen molar-refractivity contribution in [3.05, 3.63) is 42.0 Å². The van der Waals surface area contributed by atoms with Crippen LogP contribution >= 0.6 is 0 Å². The Morgan fingerprint density at radius 2 is 2.00 bits per heavy atom. The van der Waals surface area contributed by atoms with E-state index >= 15 is 0 Å². The second-order valence-corrected chi connectivity index (χ2v) is 3.30. The first-order valence-electron chi connectivity index (χ1n) is 5.20. The standard InChI is InChI=1S/C13H14O4/c1-3-16-13(15)10(2)9-17-12-6-4-11(8-14)5-7-12/h4-8H,2-3,9H2,1H3. The van der Waals surface area contributed by atoms with Gasteiger partial charge in [0.1, 0.15) is 18.6 Å². The molecule has 0 amide bonds. The van der Waals surface area contributed by atoms with E-state index in [4.69, 9.17) is 9.47 Å². The number of carbonyl (C=O) groups excluding carboxylic acids is 2. The molecule has 1 rings (SSSR count). The average molecular weight is 234 g/mol. The van der Waals surface area contributed by atoms with Crippen LogP contribution in [-0.4, -0.2) is 25.5 Å². The normalized spacial score (nSPS) is 9.47. The summed E-state index contributed by atoms with van der Waals surface area (Å²) in [6, 6.07) is 6.58. The van der Waals surface area contributed by atoms with Crippen molar-refractivity contribution in [2.45, 2.75) is 6.92 Å². The Morgan fingerprint density at radius 1 is 1.35 bits per heavy atom. The van der Waals surface area contributed by atoms with Gasteiger partial charge in [0.25, 0.3) is 0 Å². The van der Waals surface area contributed by atoms with Crippen molar-refractivity contribution in [2.24, 2.45) is 0 Å². The topological polar surface area (TPSA) is 52.6 Å². The Balaban J connectivity index is 2.47. The molecule has 4 nitrogen and oxygen atoms in total. The summed E-state index contributed by atoms with van der Waals surface area (Å²) in [6.07, 6.45) is 0.751. The number of ether oxygens (including phenoxy) is 2. The van der Waals surface area contributed by atoms with Gasteiger partial charge in [-0.3, -0.25) is 4.79 Å². The molecule has 0 atom stereocenters. The van der Waals surface area contributed by atoms with Gasteiger partial charge >= 0.3 is 5.97 Å². The Bertz CT molecular complexity index is 406. The SMILES string of the molecule is C=C(COc1ccc(C=O)cc1)C(=O)OCC. The van der Waals surface area contributed by atoms with E-state index in [9.17, 15) is 9.59 Å². The van der Waals surface area contributed by atoms with E-state index < -0.39 is 5.97 Å². The lowest BCUT2D eigenvalue weighted by Crippen LogP contribution is -2.13. The lowest BCUT2D eigenvalue weighted by Gasteiger charge is -2.07. The zero-order valence-electron chi connectivity index (χ0n) is 9.64. The van der Waals surface area contributed by atoms with Crippen molar-refractivity contribution in [3.63, 3.8) is 0 Å². The van der Waals surface area contributed by atoms with E-state index in [2.05, 4.69) is 6.58 Å². The third-order valence-electron chi connectivity index (χ3n) is 1.99. The highest BCUT2D eigenvalue weighted by atomic mass is 16.5. The third-order valence-corrected chi connectivity index (χ3v) is 1.99. The monoisotopic (exact) mass is 234 g/mol.